The third-order valence-electron chi connectivity index (χ3n) is 6.46. The molecule has 2 fully saturated rings. The molecular formula is C22H37N3O2. The largest absolute Gasteiger partial charge is 0.497 e. The molecule has 5 heteroatoms. The molecule has 3 rings (SSSR count). The van der Waals surface area contributed by atoms with E-state index in [0.717, 1.165) is 38.2 Å². The number of likely N-dealkylation sites (tertiary alicyclic amines) is 1. The smallest absolute Gasteiger partial charge is 0.119 e. The maximum absolute atomic E-state index is 9.37. The number of methoxy groups -OCH3 is 1. The summed E-state index contributed by atoms with van der Waals surface area (Å²) < 4.78 is 5.34. The number of rotatable bonds is 7. The van der Waals surface area contributed by atoms with Crippen molar-refractivity contribution < 1.29 is 9.84 Å². The summed E-state index contributed by atoms with van der Waals surface area (Å²) in [4.78, 5) is 7.77. The molecule has 1 aromatic rings. The lowest BCUT2D eigenvalue weighted by Crippen LogP contribution is -2.56. The summed E-state index contributed by atoms with van der Waals surface area (Å²) in [6, 6.07) is 7.10. The van der Waals surface area contributed by atoms with Gasteiger partial charge in [0.2, 0.25) is 0 Å². The molecule has 2 aliphatic heterocycles. The highest BCUT2D eigenvalue weighted by Crippen LogP contribution is 2.29. The number of likely N-dealkylation sites (N-methyl/N-ethyl adjacent to an activating group) is 1. The second-order valence-corrected chi connectivity index (χ2v) is 8.35. The van der Waals surface area contributed by atoms with E-state index in [1.165, 1.54) is 43.7 Å². The van der Waals surface area contributed by atoms with Gasteiger partial charge >= 0.3 is 0 Å². The summed E-state index contributed by atoms with van der Waals surface area (Å²) in [5, 5.41) is 9.37. The van der Waals surface area contributed by atoms with Gasteiger partial charge in [-0.05, 0) is 69.0 Å². The minimum absolute atomic E-state index is 0.309. The van der Waals surface area contributed by atoms with E-state index in [9.17, 15) is 5.11 Å². The second-order valence-electron chi connectivity index (χ2n) is 8.35. The molecule has 0 unspecified atom stereocenters. The molecule has 1 aromatic carbocycles. The van der Waals surface area contributed by atoms with E-state index in [4.69, 9.17) is 4.74 Å². The van der Waals surface area contributed by atoms with Crippen LogP contribution in [0.4, 0.5) is 0 Å². The van der Waals surface area contributed by atoms with E-state index in [2.05, 4.69) is 46.9 Å². The van der Waals surface area contributed by atoms with Gasteiger partial charge in [0, 0.05) is 51.9 Å². The van der Waals surface area contributed by atoms with Crippen molar-refractivity contribution in [3.8, 4) is 5.75 Å². The van der Waals surface area contributed by atoms with E-state index < -0.39 is 0 Å². The van der Waals surface area contributed by atoms with Crippen molar-refractivity contribution in [1.29, 1.82) is 0 Å². The van der Waals surface area contributed by atoms with E-state index in [0.29, 0.717) is 18.6 Å². The maximum atomic E-state index is 9.37. The van der Waals surface area contributed by atoms with Crippen LogP contribution >= 0.6 is 0 Å². The minimum atomic E-state index is 0.309. The molecular weight excluding hydrogens is 338 g/mol. The van der Waals surface area contributed by atoms with Gasteiger partial charge in [0.05, 0.1) is 7.11 Å². The van der Waals surface area contributed by atoms with Gasteiger partial charge in [0.1, 0.15) is 5.75 Å². The number of aryl methyl sites for hydroxylation is 1. The fourth-order valence-corrected chi connectivity index (χ4v) is 4.72. The number of piperidine rings is 1. The first kappa shape index (κ1) is 20.6. The van der Waals surface area contributed by atoms with Crippen molar-refractivity contribution in [2.45, 2.75) is 38.8 Å². The number of piperazine rings is 1. The zero-order valence-electron chi connectivity index (χ0n) is 17.4. The number of hydrogen-bond acceptors (Lipinski definition) is 5. The summed E-state index contributed by atoms with van der Waals surface area (Å²) in [6.45, 7) is 10.5. The predicted molar refractivity (Wildman–Crippen MR) is 110 cm³/mol. The van der Waals surface area contributed by atoms with Gasteiger partial charge in [0.15, 0.2) is 0 Å². The molecule has 0 amide bonds. The average molecular weight is 376 g/mol. The quantitative estimate of drug-likeness (QED) is 0.791. The molecule has 1 N–H and O–H groups in total. The molecule has 2 heterocycles. The van der Waals surface area contributed by atoms with Crippen molar-refractivity contribution >= 4 is 0 Å². The molecule has 2 atom stereocenters. The van der Waals surface area contributed by atoms with Crippen LogP contribution in [0.3, 0.4) is 0 Å². The number of aliphatic hydroxyl groups excluding tert-OH is 1. The van der Waals surface area contributed by atoms with E-state index >= 15 is 0 Å². The number of benzene rings is 1. The number of hydrogen-bond donors (Lipinski definition) is 1. The highest BCUT2D eigenvalue weighted by Gasteiger charge is 2.34. The van der Waals surface area contributed by atoms with Crippen LogP contribution in [0.1, 0.15) is 30.4 Å². The highest BCUT2D eigenvalue weighted by atomic mass is 16.5. The van der Waals surface area contributed by atoms with Crippen LogP contribution in [0, 0.1) is 12.8 Å². The van der Waals surface area contributed by atoms with Gasteiger partial charge in [-0.1, -0.05) is 6.07 Å². The van der Waals surface area contributed by atoms with E-state index in [1.807, 2.05) is 0 Å². The molecule has 0 aromatic heterocycles. The zero-order valence-corrected chi connectivity index (χ0v) is 17.4. The Hall–Kier alpha value is -1.14. The van der Waals surface area contributed by atoms with Crippen LogP contribution in [0.25, 0.3) is 0 Å². The number of aliphatic hydroxyl groups is 1. The normalized spacial score (nSPS) is 25.6. The lowest BCUT2D eigenvalue weighted by Gasteiger charge is -2.46. The Balaban J connectivity index is 1.63. The molecule has 5 nitrogen and oxygen atoms in total. The Kier molecular flexibility index (Phi) is 7.53. The van der Waals surface area contributed by atoms with Crippen molar-refractivity contribution in [1.82, 2.24) is 14.7 Å². The summed E-state index contributed by atoms with van der Waals surface area (Å²) in [5.74, 6) is 1.60. The average Bonchev–Trinajstić information content (AvgIpc) is 2.69. The molecule has 0 saturated carbocycles. The standard InChI is InChI=1S/C22H37N3O2/c1-18-15-21(27-3)7-6-19(18)16-24-9-8-22(20(17-24)5-4-14-26)25-12-10-23(2)11-13-25/h6-7,15,20,22,26H,4-5,8-14,16-17H2,1-3H3/t20-,22+/m1/s1. The van der Waals surface area contributed by atoms with Gasteiger partial charge in [-0.2, -0.15) is 0 Å². The first-order chi connectivity index (χ1) is 13.1. The predicted octanol–water partition coefficient (Wildman–Crippen LogP) is 2.21. The van der Waals surface area contributed by atoms with Crippen LogP contribution in [0.5, 0.6) is 5.75 Å². The highest BCUT2D eigenvalue weighted by molar-refractivity contribution is 5.34. The number of ether oxygens (including phenoxy) is 1. The van der Waals surface area contributed by atoms with Crippen LogP contribution in [-0.4, -0.2) is 85.9 Å². The molecule has 0 aliphatic carbocycles. The topological polar surface area (TPSA) is 39.2 Å². The molecule has 27 heavy (non-hydrogen) atoms. The van der Waals surface area contributed by atoms with Crippen LogP contribution in [-0.2, 0) is 6.54 Å². The summed E-state index contributed by atoms with van der Waals surface area (Å²) in [7, 11) is 3.95. The SMILES string of the molecule is COc1ccc(CN2CC[C@H](N3CCN(C)CC3)[C@H](CCCO)C2)c(C)c1. The van der Waals surface area contributed by atoms with Crippen molar-refractivity contribution in [3.05, 3.63) is 29.3 Å². The van der Waals surface area contributed by atoms with Crippen molar-refractivity contribution in [2.75, 3.05) is 60.0 Å². The van der Waals surface area contributed by atoms with Crippen LogP contribution in [0.15, 0.2) is 18.2 Å². The van der Waals surface area contributed by atoms with E-state index in [-0.39, 0.29) is 0 Å². The van der Waals surface area contributed by atoms with Crippen molar-refractivity contribution in [2.24, 2.45) is 5.92 Å². The third kappa shape index (κ3) is 5.44. The Morgan fingerprint density at radius 3 is 2.59 bits per heavy atom. The molecule has 152 valence electrons. The molecule has 2 aliphatic rings. The lowest BCUT2D eigenvalue weighted by molar-refractivity contribution is 0.0211. The minimum Gasteiger partial charge on any atom is -0.497 e. The Labute approximate surface area is 164 Å². The van der Waals surface area contributed by atoms with Crippen LogP contribution < -0.4 is 4.74 Å². The third-order valence-corrected chi connectivity index (χ3v) is 6.46. The Morgan fingerprint density at radius 2 is 1.93 bits per heavy atom. The second kappa shape index (κ2) is 9.87. The summed E-state index contributed by atoms with van der Waals surface area (Å²) in [6.07, 6.45) is 3.30. The maximum Gasteiger partial charge on any atom is 0.119 e. The van der Waals surface area contributed by atoms with E-state index in [1.54, 1.807) is 7.11 Å². The Bertz CT molecular complexity index is 587. The molecule has 0 radical (unpaired) electrons. The first-order valence-electron chi connectivity index (χ1n) is 10.5. The monoisotopic (exact) mass is 375 g/mol. The Morgan fingerprint density at radius 1 is 1.15 bits per heavy atom. The van der Waals surface area contributed by atoms with Gasteiger partial charge in [-0.15, -0.1) is 0 Å². The molecule has 2 saturated heterocycles. The lowest BCUT2D eigenvalue weighted by atomic mass is 9.86. The van der Waals surface area contributed by atoms with Gasteiger partial charge in [-0.3, -0.25) is 9.80 Å². The summed E-state index contributed by atoms with van der Waals surface area (Å²) >= 11 is 0. The fourth-order valence-electron chi connectivity index (χ4n) is 4.72. The number of nitrogens with zero attached hydrogens (tertiary/aromatic N) is 3. The van der Waals surface area contributed by atoms with Gasteiger partial charge < -0.3 is 14.7 Å². The zero-order chi connectivity index (χ0) is 19.2. The first-order valence-corrected chi connectivity index (χ1v) is 10.5. The molecule has 0 bridgehead atoms. The van der Waals surface area contributed by atoms with Gasteiger partial charge in [-0.25, -0.2) is 0 Å². The van der Waals surface area contributed by atoms with Crippen LogP contribution in [0.2, 0.25) is 0 Å². The fraction of sp³-hybridized carbons (Fsp3) is 0.727. The van der Waals surface area contributed by atoms with Crippen molar-refractivity contribution in [3.63, 3.8) is 0 Å². The van der Waals surface area contributed by atoms with Gasteiger partial charge in [0.25, 0.3) is 0 Å². The summed E-state index contributed by atoms with van der Waals surface area (Å²) in [5.41, 5.74) is 2.71. The molecule has 0 spiro atoms.